The summed E-state index contributed by atoms with van der Waals surface area (Å²) < 4.78 is 0. The number of hydrogen-bond donors (Lipinski definition) is 0. The first-order valence-corrected chi connectivity index (χ1v) is 21.4. The standard InChI is InChI=1S/C56H34N8/c1-3-13-33(14-4-1)47-29-49(51-31-57-43-19-9-11-21-45(43)59-51)63-55(61-47)35-23-25-39-41(27-35)53-37-17-7-8-18-38(37)54(39)42-28-36(24-26-40(42)53)56-62-48(34-15-5-2-6-16-34)30-50(64-56)52-32-58-44-20-10-12-22-46(44)60-52/h1-32,53-54H. The predicted octanol–water partition coefficient (Wildman–Crippen LogP) is 12.1. The second-order valence-corrected chi connectivity index (χ2v) is 16.3. The van der Waals surface area contributed by atoms with Gasteiger partial charge in [-0.15, -0.1) is 0 Å². The zero-order valence-electron chi connectivity index (χ0n) is 34.2. The minimum absolute atomic E-state index is 0.0170. The van der Waals surface area contributed by atoms with Crippen molar-refractivity contribution in [1.82, 2.24) is 39.9 Å². The van der Waals surface area contributed by atoms with Crippen LogP contribution in [0, 0.1) is 0 Å². The quantitative estimate of drug-likeness (QED) is 0.163. The Balaban J connectivity index is 0.938. The number of para-hydroxylation sites is 4. The van der Waals surface area contributed by atoms with E-state index in [0.29, 0.717) is 23.0 Å². The van der Waals surface area contributed by atoms with Crippen molar-refractivity contribution in [3.63, 3.8) is 0 Å². The molecule has 2 unspecified atom stereocenters. The Bertz CT molecular complexity index is 3410. The molecule has 3 aliphatic carbocycles. The molecule has 4 aromatic heterocycles. The van der Waals surface area contributed by atoms with E-state index in [9.17, 15) is 0 Å². The molecule has 0 saturated heterocycles. The van der Waals surface area contributed by atoms with Gasteiger partial charge < -0.3 is 0 Å². The van der Waals surface area contributed by atoms with Crippen molar-refractivity contribution in [2.24, 2.45) is 0 Å². The second-order valence-electron chi connectivity index (χ2n) is 16.3. The normalized spacial score (nSPS) is 14.6. The maximum Gasteiger partial charge on any atom is 0.160 e. The number of benzene rings is 7. The van der Waals surface area contributed by atoms with Gasteiger partial charge in [-0.05, 0) is 81.9 Å². The van der Waals surface area contributed by atoms with E-state index in [1.807, 2.05) is 97.1 Å². The van der Waals surface area contributed by atoms with Crippen LogP contribution in [0.3, 0.4) is 0 Å². The van der Waals surface area contributed by atoms with Gasteiger partial charge in [0, 0.05) is 34.1 Å². The molecule has 0 amide bonds. The number of fused-ring (bicyclic) bond motifs is 2. The minimum Gasteiger partial charge on any atom is -0.252 e. The fourth-order valence-electron chi connectivity index (χ4n) is 9.59. The van der Waals surface area contributed by atoms with E-state index >= 15 is 0 Å². The Kier molecular flexibility index (Phi) is 8.17. The van der Waals surface area contributed by atoms with Gasteiger partial charge in [0.2, 0.25) is 0 Å². The van der Waals surface area contributed by atoms with Gasteiger partial charge in [0.05, 0.1) is 57.2 Å². The zero-order chi connectivity index (χ0) is 42.1. The molecule has 2 bridgehead atoms. The molecule has 7 aromatic carbocycles. The molecule has 3 aliphatic rings. The van der Waals surface area contributed by atoms with Gasteiger partial charge in [0.15, 0.2) is 11.6 Å². The highest BCUT2D eigenvalue weighted by Crippen LogP contribution is 2.56. The fraction of sp³-hybridized carbons (Fsp3) is 0.0357. The van der Waals surface area contributed by atoms with Crippen LogP contribution >= 0.6 is 0 Å². The first kappa shape index (κ1) is 36.1. The highest BCUT2D eigenvalue weighted by atomic mass is 14.9. The SMILES string of the molecule is c1ccc(-c2cc(-c3cnc4ccccc4n3)nc(-c3ccc4c(c3)C3c5ccccc5C4c4cc(-c5nc(-c6ccccc6)cc(-c6cnc7ccccc7n6)n5)ccc43)n2)cc1. The summed E-state index contributed by atoms with van der Waals surface area (Å²) in [7, 11) is 0. The number of nitrogens with zero attached hydrogens (tertiary/aromatic N) is 8. The largest absolute Gasteiger partial charge is 0.252 e. The molecule has 2 atom stereocenters. The summed E-state index contributed by atoms with van der Waals surface area (Å²) >= 11 is 0. The van der Waals surface area contributed by atoms with Crippen LogP contribution in [0.4, 0.5) is 0 Å². The monoisotopic (exact) mass is 818 g/mol. The van der Waals surface area contributed by atoms with Gasteiger partial charge in [-0.2, -0.15) is 0 Å². The maximum atomic E-state index is 5.20. The van der Waals surface area contributed by atoms with Crippen molar-refractivity contribution in [2.75, 3.05) is 0 Å². The van der Waals surface area contributed by atoms with E-state index in [0.717, 1.165) is 67.1 Å². The van der Waals surface area contributed by atoms with E-state index in [4.69, 9.17) is 39.9 Å². The molecule has 0 saturated carbocycles. The third kappa shape index (κ3) is 5.99. The highest BCUT2D eigenvalue weighted by Gasteiger charge is 2.41. The van der Waals surface area contributed by atoms with Crippen LogP contribution in [0.15, 0.2) is 194 Å². The van der Waals surface area contributed by atoms with Crippen molar-refractivity contribution in [2.45, 2.75) is 11.8 Å². The number of hydrogen-bond acceptors (Lipinski definition) is 8. The number of aromatic nitrogens is 8. The lowest BCUT2D eigenvalue weighted by Crippen LogP contribution is -2.27. The fourth-order valence-corrected chi connectivity index (χ4v) is 9.59. The molecule has 14 rings (SSSR count). The lowest BCUT2D eigenvalue weighted by molar-refractivity contribution is 0.754. The van der Waals surface area contributed by atoms with Crippen LogP contribution in [0.25, 0.3) is 90.1 Å². The summed E-state index contributed by atoms with van der Waals surface area (Å²) in [6.45, 7) is 0. The van der Waals surface area contributed by atoms with Gasteiger partial charge in [0.25, 0.3) is 0 Å². The first-order chi connectivity index (χ1) is 31.7. The summed E-state index contributed by atoms with van der Waals surface area (Å²) in [5, 5.41) is 0. The second kappa shape index (κ2) is 14.5. The van der Waals surface area contributed by atoms with Crippen molar-refractivity contribution < 1.29 is 0 Å². The Morgan fingerprint density at radius 1 is 0.250 bits per heavy atom. The van der Waals surface area contributed by atoms with E-state index in [-0.39, 0.29) is 11.8 Å². The molecule has 8 heteroatoms. The molecule has 0 aliphatic heterocycles. The van der Waals surface area contributed by atoms with Crippen LogP contribution in [0.2, 0.25) is 0 Å². The first-order valence-electron chi connectivity index (χ1n) is 21.4. The van der Waals surface area contributed by atoms with E-state index in [1.54, 1.807) is 12.4 Å². The van der Waals surface area contributed by atoms with Crippen molar-refractivity contribution >= 4 is 22.1 Å². The summed E-state index contributed by atoms with van der Waals surface area (Å²) in [6, 6.07) is 62.8. The van der Waals surface area contributed by atoms with E-state index in [2.05, 4.69) is 84.9 Å². The molecule has 8 nitrogen and oxygen atoms in total. The van der Waals surface area contributed by atoms with Crippen LogP contribution < -0.4 is 0 Å². The highest BCUT2D eigenvalue weighted by molar-refractivity contribution is 5.81. The van der Waals surface area contributed by atoms with Crippen molar-refractivity contribution in [3.8, 4) is 68.1 Å². The third-order valence-electron chi connectivity index (χ3n) is 12.6. The molecular weight excluding hydrogens is 785 g/mol. The molecule has 64 heavy (non-hydrogen) atoms. The zero-order valence-corrected chi connectivity index (χ0v) is 34.2. The van der Waals surface area contributed by atoms with Gasteiger partial charge in [-0.1, -0.05) is 133 Å². The Morgan fingerprint density at radius 3 is 1.08 bits per heavy atom. The lowest BCUT2D eigenvalue weighted by atomic mass is 9.61. The van der Waals surface area contributed by atoms with Gasteiger partial charge >= 0.3 is 0 Å². The average Bonchev–Trinajstić information content (AvgIpc) is 3.38. The molecule has 11 aromatic rings. The van der Waals surface area contributed by atoms with Crippen molar-refractivity contribution in [1.29, 1.82) is 0 Å². The van der Waals surface area contributed by atoms with Crippen LogP contribution in [0.5, 0.6) is 0 Å². The summed E-state index contributed by atoms with van der Waals surface area (Å²) in [6.07, 6.45) is 3.61. The van der Waals surface area contributed by atoms with Crippen LogP contribution in [0.1, 0.15) is 45.2 Å². The minimum atomic E-state index is 0.0170. The van der Waals surface area contributed by atoms with Crippen LogP contribution in [-0.4, -0.2) is 39.9 Å². The smallest absolute Gasteiger partial charge is 0.160 e. The molecule has 298 valence electrons. The predicted molar refractivity (Wildman–Crippen MR) is 251 cm³/mol. The Morgan fingerprint density at radius 2 is 0.625 bits per heavy atom. The topological polar surface area (TPSA) is 103 Å². The summed E-state index contributed by atoms with van der Waals surface area (Å²) in [5.74, 6) is 1.32. The van der Waals surface area contributed by atoms with Gasteiger partial charge in [-0.25, -0.2) is 29.9 Å². The Hall–Kier alpha value is -8.62. The average molecular weight is 819 g/mol. The molecule has 4 heterocycles. The summed E-state index contributed by atoms with van der Waals surface area (Å²) in [4.78, 5) is 40.2. The number of rotatable bonds is 6. The van der Waals surface area contributed by atoms with Gasteiger partial charge in [0.1, 0.15) is 11.4 Å². The van der Waals surface area contributed by atoms with Crippen molar-refractivity contribution in [3.05, 3.63) is 228 Å². The molecule has 0 radical (unpaired) electrons. The molecule has 0 spiro atoms. The molecule has 0 fully saturated rings. The van der Waals surface area contributed by atoms with E-state index in [1.165, 1.54) is 33.4 Å². The summed E-state index contributed by atoms with van der Waals surface area (Å²) in [5.41, 5.74) is 19.5. The molecular formula is C56H34N8. The third-order valence-corrected chi connectivity index (χ3v) is 12.6. The van der Waals surface area contributed by atoms with Gasteiger partial charge in [-0.3, -0.25) is 9.97 Å². The molecule has 0 N–H and O–H groups in total. The van der Waals surface area contributed by atoms with E-state index < -0.39 is 0 Å². The Labute approximate surface area is 368 Å². The lowest BCUT2D eigenvalue weighted by Gasteiger charge is -2.42. The van der Waals surface area contributed by atoms with Crippen LogP contribution in [-0.2, 0) is 0 Å². The maximum absolute atomic E-state index is 5.20.